The molecular weight excluding hydrogens is 194 g/mol. The Hall–Kier alpha value is -1.26. The Labute approximate surface area is 89.1 Å². The van der Waals surface area contributed by atoms with Gasteiger partial charge in [-0.2, -0.15) is 5.48 Å². The summed E-state index contributed by atoms with van der Waals surface area (Å²) in [6.45, 7) is 3.10. The van der Waals surface area contributed by atoms with E-state index in [2.05, 4.69) is 12.4 Å². The van der Waals surface area contributed by atoms with Gasteiger partial charge in [-0.05, 0) is 18.1 Å². The minimum Gasteiger partial charge on any atom is -0.454 e. The summed E-state index contributed by atoms with van der Waals surface area (Å²) >= 11 is 0. The first-order valence-corrected chi connectivity index (χ1v) is 5.03. The van der Waals surface area contributed by atoms with E-state index in [0.717, 1.165) is 17.9 Å². The van der Waals surface area contributed by atoms with E-state index in [1.165, 1.54) is 11.1 Å². The van der Waals surface area contributed by atoms with Crippen LogP contribution in [0.15, 0.2) is 12.1 Å². The van der Waals surface area contributed by atoms with Gasteiger partial charge >= 0.3 is 0 Å². The zero-order chi connectivity index (χ0) is 10.7. The predicted octanol–water partition coefficient (Wildman–Crippen LogP) is 1.63. The minimum atomic E-state index is 0.323. The number of fused-ring (bicyclic) bond motifs is 1. The number of hydrogen-bond donors (Lipinski definition) is 1. The highest BCUT2D eigenvalue weighted by atomic mass is 16.7. The minimum absolute atomic E-state index is 0.323. The van der Waals surface area contributed by atoms with Crippen LogP contribution in [0.2, 0.25) is 0 Å². The maximum Gasteiger partial charge on any atom is 0.231 e. The summed E-state index contributed by atoms with van der Waals surface area (Å²) in [7, 11) is 1.61. The van der Waals surface area contributed by atoms with Gasteiger partial charge in [0.15, 0.2) is 11.5 Å². The van der Waals surface area contributed by atoms with Crippen LogP contribution in [0.1, 0.15) is 18.1 Å². The van der Waals surface area contributed by atoms with Crippen LogP contribution in [-0.2, 0) is 17.8 Å². The van der Waals surface area contributed by atoms with Crippen LogP contribution in [0.5, 0.6) is 11.5 Å². The molecule has 0 atom stereocenters. The molecule has 1 aliphatic rings. The summed E-state index contributed by atoms with van der Waals surface area (Å²) in [5.74, 6) is 1.72. The van der Waals surface area contributed by atoms with Crippen molar-refractivity contribution in [2.45, 2.75) is 19.9 Å². The monoisotopic (exact) mass is 209 g/mol. The highest BCUT2D eigenvalue weighted by Gasteiger charge is 2.19. The number of ether oxygens (including phenoxy) is 2. The van der Waals surface area contributed by atoms with E-state index in [9.17, 15) is 0 Å². The van der Waals surface area contributed by atoms with Gasteiger partial charge in [0.05, 0.1) is 7.11 Å². The zero-order valence-electron chi connectivity index (χ0n) is 9.00. The van der Waals surface area contributed by atoms with E-state index >= 15 is 0 Å². The van der Waals surface area contributed by atoms with Gasteiger partial charge in [0.2, 0.25) is 6.79 Å². The second-order valence-corrected chi connectivity index (χ2v) is 3.32. The van der Waals surface area contributed by atoms with Gasteiger partial charge < -0.3 is 14.3 Å². The van der Waals surface area contributed by atoms with E-state index in [4.69, 9.17) is 14.3 Å². The first-order chi connectivity index (χ1) is 7.36. The first-order valence-electron chi connectivity index (χ1n) is 5.03. The Kier molecular flexibility index (Phi) is 3.08. The van der Waals surface area contributed by atoms with Crippen LogP contribution < -0.4 is 15.0 Å². The van der Waals surface area contributed by atoms with E-state index in [1.54, 1.807) is 7.11 Å². The average Bonchev–Trinajstić information content (AvgIpc) is 2.73. The molecule has 15 heavy (non-hydrogen) atoms. The van der Waals surface area contributed by atoms with Gasteiger partial charge in [0, 0.05) is 12.1 Å². The number of hydrogen-bond acceptors (Lipinski definition) is 4. The quantitative estimate of drug-likeness (QED) is 0.765. The molecule has 4 nitrogen and oxygen atoms in total. The molecule has 0 saturated carbocycles. The van der Waals surface area contributed by atoms with Gasteiger partial charge in [-0.3, -0.25) is 0 Å². The maximum atomic E-state index is 5.45. The number of nitrogens with one attached hydrogen (secondary N) is 1. The van der Waals surface area contributed by atoms with Crippen LogP contribution in [-0.4, -0.2) is 13.9 Å². The van der Waals surface area contributed by atoms with E-state index in [1.807, 2.05) is 12.1 Å². The molecule has 1 aromatic carbocycles. The Balaban J connectivity index is 2.30. The van der Waals surface area contributed by atoms with Gasteiger partial charge in [-0.15, -0.1) is 0 Å². The van der Waals surface area contributed by atoms with E-state index in [0.29, 0.717) is 13.3 Å². The van der Waals surface area contributed by atoms with Crippen molar-refractivity contribution in [2.75, 3.05) is 13.9 Å². The molecule has 1 aliphatic heterocycles. The third kappa shape index (κ3) is 1.91. The lowest BCUT2D eigenvalue weighted by Crippen LogP contribution is -2.12. The smallest absolute Gasteiger partial charge is 0.231 e. The number of benzene rings is 1. The lowest BCUT2D eigenvalue weighted by molar-refractivity contribution is 0.0865. The standard InChI is InChI=1S/C11H15NO3/c1-3-9-8(6-12-13-2)4-5-10-11(9)15-7-14-10/h4-5,12H,3,6-7H2,1-2H3. The van der Waals surface area contributed by atoms with E-state index in [-0.39, 0.29) is 0 Å². The number of rotatable bonds is 4. The van der Waals surface area contributed by atoms with Crippen molar-refractivity contribution in [1.29, 1.82) is 0 Å². The third-order valence-corrected chi connectivity index (χ3v) is 2.50. The van der Waals surface area contributed by atoms with Crippen LogP contribution in [0, 0.1) is 0 Å². The lowest BCUT2D eigenvalue weighted by Gasteiger charge is -2.10. The largest absolute Gasteiger partial charge is 0.454 e. The average molecular weight is 209 g/mol. The molecule has 1 aromatic rings. The fraction of sp³-hybridized carbons (Fsp3) is 0.455. The molecule has 0 fully saturated rings. The van der Waals surface area contributed by atoms with Crippen molar-refractivity contribution < 1.29 is 14.3 Å². The van der Waals surface area contributed by atoms with Crippen LogP contribution in [0.3, 0.4) is 0 Å². The molecular formula is C11H15NO3. The highest BCUT2D eigenvalue weighted by Crippen LogP contribution is 2.37. The molecule has 0 aromatic heterocycles. The van der Waals surface area contributed by atoms with Gasteiger partial charge in [0.25, 0.3) is 0 Å². The van der Waals surface area contributed by atoms with Crippen molar-refractivity contribution in [1.82, 2.24) is 5.48 Å². The lowest BCUT2D eigenvalue weighted by atomic mass is 10.0. The summed E-state index contributed by atoms with van der Waals surface area (Å²) in [5, 5.41) is 0. The topological polar surface area (TPSA) is 39.7 Å². The van der Waals surface area contributed by atoms with Crippen molar-refractivity contribution >= 4 is 0 Å². The molecule has 0 saturated heterocycles. The SMILES string of the molecule is CCc1c(CNOC)ccc2c1OCO2. The summed E-state index contributed by atoms with van der Waals surface area (Å²) in [6, 6.07) is 3.98. The van der Waals surface area contributed by atoms with Crippen LogP contribution >= 0.6 is 0 Å². The van der Waals surface area contributed by atoms with Crippen LogP contribution in [0.25, 0.3) is 0 Å². The first kappa shape index (κ1) is 10.3. The molecule has 82 valence electrons. The Morgan fingerprint density at radius 3 is 3.00 bits per heavy atom. The van der Waals surface area contributed by atoms with Gasteiger partial charge in [-0.1, -0.05) is 13.0 Å². The Morgan fingerprint density at radius 1 is 1.40 bits per heavy atom. The molecule has 1 heterocycles. The molecule has 0 unspecified atom stereocenters. The molecule has 0 radical (unpaired) electrons. The van der Waals surface area contributed by atoms with Crippen molar-refractivity contribution in [3.8, 4) is 11.5 Å². The molecule has 4 heteroatoms. The van der Waals surface area contributed by atoms with Gasteiger partial charge in [0.1, 0.15) is 0 Å². The van der Waals surface area contributed by atoms with Gasteiger partial charge in [-0.25, -0.2) is 0 Å². The third-order valence-electron chi connectivity index (χ3n) is 2.50. The van der Waals surface area contributed by atoms with E-state index < -0.39 is 0 Å². The fourth-order valence-electron chi connectivity index (χ4n) is 1.77. The zero-order valence-corrected chi connectivity index (χ0v) is 9.00. The molecule has 1 N–H and O–H groups in total. The van der Waals surface area contributed by atoms with Crippen molar-refractivity contribution in [3.05, 3.63) is 23.3 Å². The van der Waals surface area contributed by atoms with Crippen LogP contribution in [0.4, 0.5) is 0 Å². The second kappa shape index (κ2) is 4.51. The summed E-state index contributed by atoms with van der Waals surface area (Å²) < 4.78 is 10.8. The highest BCUT2D eigenvalue weighted by molar-refractivity contribution is 5.52. The molecule has 0 bridgehead atoms. The molecule has 0 spiro atoms. The number of hydroxylamine groups is 1. The Morgan fingerprint density at radius 2 is 2.27 bits per heavy atom. The maximum absolute atomic E-state index is 5.45. The molecule has 0 amide bonds. The summed E-state index contributed by atoms with van der Waals surface area (Å²) in [6.07, 6.45) is 0.924. The second-order valence-electron chi connectivity index (χ2n) is 3.32. The summed E-state index contributed by atoms with van der Waals surface area (Å²) in [4.78, 5) is 4.84. The molecule has 0 aliphatic carbocycles. The normalized spacial score (nSPS) is 13.2. The fourth-order valence-corrected chi connectivity index (χ4v) is 1.77. The van der Waals surface area contributed by atoms with Crippen molar-refractivity contribution in [3.63, 3.8) is 0 Å². The molecule has 2 rings (SSSR count). The Bertz CT molecular complexity index is 352. The predicted molar refractivity (Wildman–Crippen MR) is 55.8 cm³/mol. The summed E-state index contributed by atoms with van der Waals surface area (Å²) in [5.41, 5.74) is 5.21. The van der Waals surface area contributed by atoms with Crippen molar-refractivity contribution in [2.24, 2.45) is 0 Å².